The average Bonchev–Trinajstić information content (AvgIpc) is 2.91. The Morgan fingerprint density at radius 3 is 2.36 bits per heavy atom. The SMILES string of the molecule is O=C1c2ccccc2[C@@H](Nc2ccccc2Br)N1Cc1ccccc1. The van der Waals surface area contributed by atoms with Crippen molar-refractivity contribution in [3.63, 3.8) is 0 Å². The Kier molecular flexibility index (Phi) is 4.28. The van der Waals surface area contributed by atoms with Crippen molar-refractivity contribution in [1.29, 1.82) is 0 Å². The maximum atomic E-state index is 13.0. The van der Waals surface area contributed by atoms with Gasteiger partial charge in [0, 0.05) is 22.1 Å². The first kappa shape index (κ1) is 15.9. The topological polar surface area (TPSA) is 32.3 Å². The molecule has 1 aliphatic rings. The zero-order chi connectivity index (χ0) is 17.2. The van der Waals surface area contributed by atoms with Crippen molar-refractivity contribution in [2.24, 2.45) is 0 Å². The van der Waals surface area contributed by atoms with Gasteiger partial charge in [-0.1, -0.05) is 60.7 Å². The Balaban J connectivity index is 1.71. The number of hydrogen-bond donors (Lipinski definition) is 1. The molecule has 3 aromatic carbocycles. The van der Waals surface area contributed by atoms with Crippen LogP contribution in [-0.2, 0) is 6.54 Å². The Morgan fingerprint density at radius 2 is 1.56 bits per heavy atom. The van der Waals surface area contributed by atoms with Gasteiger partial charge in [-0.15, -0.1) is 0 Å². The molecule has 4 heteroatoms. The van der Waals surface area contributed by atoms with E-state index in [-0.39, 0.29) is 12.1 Å². The summed E-state index contributed by atoms with van der Waals surface area (Å²) in [6.07, 6.45) is -0.192. The molecular formula is C21H17BrN2O. The molecule has 0 unspecified atom stereocenters. The van der Waals surface area contributed by atoms with Crippen molar-refractivity contribution < 1.29 is 4.79 Å². The van der Waals surface area contributed by atoms with Gasteiger partial charge in [0.1, 0.15) is 6.17 Å². The summed E-state index contributed by atoms with van der Waals surface area (Å²) in [4.78, 5) is 14.8. The molecule has 25 heavy (non-hydrogen) atoms. The number of nitrogens with one attached hydrogen (secondary N) is 1. The van der Waals surface area contributed by atoms with Gasteiger partial charge in [-0.3, -0.25) is 4.79 Å². The van der Waals surface area contributed by atoms with E-state index in [1.807, 2.05) is 83.8 Å². The van der Waals surface area contributed by atoms with Crippen LogP contribution in [0.3, 0.4) is 0 Å². The third-order valence-electron chi connectivity index (χ3n) is 4.42. The summed E-state index contributed by atoms with van der Waals surface area (Å²) >= 11 is 3.58. The smallest absolute Gasteiger partial charge is 0.256 e. The van der Waals surface area contributed by atoms with Crippen LogP contribution in [0, 0.1) is 0 Å². The average molecular weight is 393 g/mol. The molecule has 0 saturated carbocycles. The van der Waals surface area contributed by atoms with Gasteiger partial charge in [0.05, 0.1) is 5.69 Å². The molecule has 1 heterocycles. The minimum Gasteiger partial charge on any atom is -0.360 e. The van der Waals surface area contributed by atoms with Crippen LogP contribution in [0.1, 0.15) is 27.7 Å². The van der Waals surface area contributed by atoms with E-state index in [1.165, 1.54) is 0 Å². The first-order valence-corrected chi connectivity index (χ1v) is 8.98. The first-order valence-electron chi connectivity index (χ1n) is 8.19. The summed E-state index contributed by atoms with van der Waals surface area (Å²) in [7, 11) is 0. The fraction of sp³-hybridized carbons (Fsp3) is 0.0952. The van der Waals surface area contributed by atoms with Gasteiger partial charge in [0.2, 0.25) is 0 Å². The second-order valence-corrected chi connectivity index (χ2v) is 6.89. The normalized spacial score (nSPS) is 16.0. The molecule has 0 bridgehead atoms. The van der Waals surface area contributed by atoms with E-state index in [9.17, 15) is 4.79 Å². The molecular weight excluding hydrogens is 376 g/mol. The molecule has 3 aromatic rings. The molecule has 3 nitrogen and oxygen atoms in total. The minimum absolute atomic E-state index is 0.0593. The van der Waals surface area contributed by atoms with E-state index in [1.54, 1.807) is 0 Å². The maximum absolute atomic E-state index is 13.0. The summed E-state index contributed by atoms with van der Waals surface area (Å²) in [5.41, 5.74) is 3.86. The molecule has 124 valence electrons. The van der Waals surface area contributed by atoms with Crippen LogP contribution in [0.4, 0.5) is 5.69 Å². The molecule has 0 radical (unpaired) electrons. The van der Waals surface area contributed by atoms with Gasteiger partial charge in [-0.2, -0.15) is 0 Å². The van der Waals surface area contributed by atoms with Crippen molar-refractivity contribution in [3.05, 3.63) is 100 Å². The lowest BCUT2D eigenvalue weighted by molar-refractivity contribution is 0.0728. The number of halogens is 1. The fourth-order valence-electron chi connectivity index (χ4n) is 3.19. The summed E-state index contributed by atoms with van der Waals surface area (Å²) in [6, 6.07) is 25.9. The van der Waals surface area contributed by atoms with Gasteiger partial charge in [-0.05, 0) is 39.7 Å². The summed E-state index contributed by atoms with van der Waals surface area (Å²) in [5.74, 6) is 0.0593. The van der Waals surface area contributed by atoms with Crippen LogP contribution >= 0.6 is 15.9 Å². The predicted octanol–water partition coefficient (Wildman–Crippen LogP) is 5.22. The van der Waals surface area contributed by atoms with Crippen LogP contribution < -0.4 is 5.32 Å². The standard InChI is InChI=1S/C21H17BrN2O/c22-18-12-6-7-13-19(18)23-20-16-10-4-5-11-17(16)21(25)24(20)14-15-8-2-1-3-9-15/h1-13,20,23H,14H2/t20-/m0/s1. The fourth-order valence-corrected chi connectivity index (χ4v) is 3.59. The van der Waals surface area contributed by atoms with Crippen LogP contribution in [0.15, 0.2) is 83.3 Å². The first-order chi connectivity index (χ1) is 12.2. The quantitative estimate of drug-likeness (QED) is 0.660. The van der Waals surface area contributed by atoms with Crippen molar-refractivity contribution in [2.75, 3.05) is 5.32 Å². The number of carbonyl (C=O) groups excluding carboxylic acids is 1. The minimum atomic E-state index is -0.192. The van der Waals surface area contributed by atoms with E-state index < -0.39 is 0 Å². The van der Waals surface area contributed by atoms with Crippen molar-refractivity contribution in [1.82, 2.24) is 4.90 Å². The van der Waals surface area contributed by atoms with Gasteiger partial charge in [-0.25, -0.2) is 0 Å². The molecule has 0 aromatic heterocycles. The second-order valence-electron chi connectivity index (χ2n) is 6.03. The molecule has 4 rings (SSSR count). The third-order valence-corrected chi connectivity index (χ3v) is 5.11. The number of anilines is 1. The monoisotopic (exact) mass is 392 g/mol. The highest BCUT2D eigenvalue weighted by molar-refractivity contribution is 9.10. The van der Waals surface area contributed by atoms with Crippen molar-refractivity contribution in [3.8, 4) is 0 Å². The van der Waals surface area contributed by atoms with Gasteiger partial charge in [0.15, 0.2) is 0 Å². The molecule has 1 aliphatic heterocycles. The van der Waals surface area contributed by atoms with E-state index in [2.05, 4.69) is 21.2 Å². The molecule has 1 atom stereocenters. The Bertz CT molecular complexity index is 911. The lowest BCUT2D eigenvalue weighted by atomic mass is 10.1. The molecule has 1 amide bonds. The lowest BCUT2D eigenvalue weighted by Gasteiger charge is -2.27. The Labute approximate surface area is 155 Å². The van der Waals surface area contributed by atoms with Crippen molar-refractivity contribution >= 4 is 27.5 Å². The lowest BCUT2D eigenvalue weighted by Crippen LogP contribution is -2.31. The summed E-state index contributed by atoms with van der Waals surface area (Å²) in [6.45, 7) is 0.566. The Hall–Kier alpha value is -2.59. The molecule has 0 spiro atoms. The molecule has 0 fully saturated rings. The van der Waals surface area contributed by atoms with Gasteiger partial charge >= 0.3 is 0 Å². The summed E-state index contributed by atoms with van der Waals surface area (Å²) in [5, 5.41) is 3.52. The number of rotatable bonds is 4. The summed E-state index contributed by atoms with van der Waals surface area (Å²) < 4.78 is 0.978. The number of para-hydroxylation sites is 1. The largest absolute Gasteiger partial charge is 0.360 e. The van der Waals surface area contributed by atoms with Crippen molar-refractivity contribution in [2.45, 2.75) is 12.7 Å². The van der Waals surface area contributed by atoms with E-state index in [4.69, 9.17) is 0 Å². The highest BCUT2D eigenvalue weighted by Crippen LogP contribution is 2.36. The molecule has 0 aliphatic carbocycles. The second kappa shape index (κ2) is 6.73. The Morgan fingerprint density at radius 1 is 0.880 bits per heavy atom. The highest BCUT2D eigenvalue weighted by atomic mass is 79.9. The molecule has 0 saturated heterocycles. The third kappa shape index (κ3) is 3.05. The van der Waals surface area contributed by atoms with E-state index in [0.717, 1.165) is 26.9 Å². The number of nitrogens with zero attached hydrogens (tertiary/aromatic N) is 1. The molecule has 1 N–H and O–H groups in total. The zero-order valence-corrected chi connectivity index (χ0v) is 15.1. The maximum Gasteiger partial charge on any atom is 0.256 e. The zero-order valence-electron chi connectivity index (χ0n) is 13.5. The van der Waals surface area contributed by atoms with Crippen LogP contribution in [0.25, 0.3) is 0 Å². The van der Waals surface area contributed by atoms with Crippen LogP contribution in [-0.4, -0.2) is 10.8 Å². The number of carbonyl (C=O) groups is 1. The number of hydrogen-bond acceptors (Lipinski definition) is 2. The van der Waals surface area contributed by atoms with Gasteiger partial charge < -0.3 is 10.2 Å². The van der Waals surface area contributed by atoms with Crippen LogP contribution in [0.5, 0.6) is 0 Å². The predicted molar refractivity (Wildman–Crippen MR) is 103 cm³/mol. The number of benzene rings is 3. The number of fused-ring (bicyclic) bond motifs is 1. The van der Waals surface area contributed by atoms with Crippen LogP contribution in [0.2, 0.25) is 0 Å². The van der Waals surface area contributed by atoms with Gasteiger partial charge in [0.25, 0.3) is 5.91 Å². The highest BCUT2D eigenvalue weighted by Gasteiger charge is 2.36. The van der Waals surface area contributed by atoms with E-state index in [0.29, 0.717) is 6.54 Å². The van der Waals surface area contributed by atoms with E-state index >= 15 is 0 Å². The number of amides is 1.